The molecule has 1 heterocycles. The smallest absolute Gasteiger partial charge is 0.315 e. The third-order valence-corrected chi connectivity index (χ3v) is 3.60. The Morgan fingerprint density at radius 2 is 1.77 bits per heavy atom. The molecule has 1 aliphatic heterocycles. The highest BCUT2D eigenvalue weighted by molar-refractivity contribution is 5.84. The minimum absolute atomic E-state index is 0.00493. The highest BCUT2D eigenvalue weighted by atomic mass is 16.2. The van der Waals surface area contributed by atoms with Crippen LogP contribution in [0.2, 0.25) is 0 Å². The van der Waals surface area contributed by atoms with Crippen molar-refractivity contribution in [2.24, 2.45) is 0 Å². The monoisotopic (exact) mass is 301 g/mol. The summed E-state index contributed by atoms with van der Waals surface area (Å²) in [7, 11) is 0. The zero-order chi connectivity index (χ0) is 15.6. The van der Waals surface area contributed by atoms with E-state index in [-0.39, 0.29) is 18.5 Å². The molecule has 5 heteroatoms. The Kier molecular flexibility index (Phi) is 6.48. The van der Waals surface area contributed by atoms with Crippen molar-refractivity contribution in [3.8, 4) is 0 Å². The van der Waals surface area contributed by atoms with Crippen LogP contribution in [0.15, 0.2) is 36.4 Å². The van der Waals surface area contributed by atoms with E-state index >= 15 is 0 Å². The molecule has 5 nitrogen and oxygen atoms in total. The molecule has 0 aromatic heterocycles. The largest absolute Gasteiger partial charge is 0.341 e. The summed E-state index contributed by atoms with van der Waals surface area (Å²) in [5, 5.41) is 5.31. The van der Waals surface area contributed by atoms with Gasteiger partial charge in [-0.3, -0.25) is 4.79 Å². The molecule has 2 rings (SSSR count). The Balaban J connectivity index is 1.61. The van der Waals surface area contributed by atoms with Crippen LogP contribution in [0.25, 0.3) is 6.08 Å². The van der Waals surface area contributed by atoms with Crippen molar-refractivity contribution >= 4 is 18.0 Å². The van der Waals surface area contributed by atoms with Crippen LogP contribution in [0.3, 0.4) is 0 Å². The van der Waals surface area contributed by atoms with Gasteiger partial charge in [0.25, 0.3) is 0 Å². The van der Waals surface area contributed by atoms with Crippen LogP contribution in [0, 0.1) is 0 Å². The molecule has 0 radical (unpaired) electrons. The molecule has 1 aliphatic rings. The van der Waals surface area contributed by atoms with Gasteiger partial charge in [0, 0.05) is 19.6 Å². The van der Waals surface area contributed by atoms with Gasteiger partial charge in [-0.25, -0.2) is 4.79 Å². The van der Waals surface area contributed by atoms with E-state index in [2.05, 4.69) is 10.6 Å². The van der Waals surface area contributed by atoms with Crippen molar-refractivity contribution in [1.29, 1.82) is 0 Å². The van der Waals surface area contributed by atoms with Gasteiger partial charge in [0.2, 0.25) is 5.91 Å². The minimum Gasteiger partial charge on any atom is -0.341 e. The number of nitrogens with one attached hydrogen (secondary N) is 2. The highest BCUT2D eigenvalue weighted by Gasteiger charge is 2.16. The highest BCUT2D eigenvalue weighted by Crippen LogP contribution is 2.08. The maximum atomic E-state index is 11.9. The molecule has 1 saturated heterocycles. The van der Waals surface area contributed by atoms with Crippen LogP contribution in [0.4, 0.5) is 4.79 Å². The van der Waals surface area contributed by atoms with Crippen LogP contribution in [-0.2, 0) is 4.79 Å². The number of nitrogens with zero attached hydrogens (tertiary/aromatic N) is 1. The van der Waals surface area contributed by atoms with Crippen molar-refractivity contribution < 1.29 is 9.59 Å². The third-order valence-electron chi connectivity index (χ3n) is 3.60. The maximum absolute atomic E-state index is 11.9. The van der Waals surface area contributed by atoms with Gasteiger partial charge in [-0.1, -0.05) is 42.5 Å². The van der Waals surface area contributed by atoms with Crippen LogP contribution in [0.5, 0.6) is 0 Å². The number of likely N-dealkylation sites (tertiary alicyclic amines) is 1. The van der Waals surface area contributed by atoms with E-state index in [0.717, 1.165) is 31.5 Å². The normalized spacial score (nSPS) is 14.8. The minimum atomic E-state index is -0.317. The van der Waals surface area contributed by atoms with Gasteiger partial charge in [0.15, 0.2) is 0 Å². The second-order valence-electron chi connectivity index (χ2n) is 5.32. The summed E-state index contributed by atoms with van der Waals surface area (Å²) >= 11 is 0. The maximum Gasteiger partial charge on any atom is 0.315 e. The van der Waals surface area contributed by atoms with Crippen LogP contribution in [0.1, 0.15) is 24.8 Å². The molecule has 1 aromatic carbocycles. The molecular weight excluding hydrogens is 278 g/mol. The zero-order valence-corrected chi connectivity index (χ0v) is 12.8. The molecule has 1 aromatic rings. The standard InChI is InChI=1S/C17H23N3O2/c21-16(20-12-5-2-6-13-20)14-19-17(22)18-11-7-10-15-8-3-1-4-9-15/h1,3-4,7-10H,2,5-6,11-14H2,(H2,18,19,22)/b10-7-. The lowest BCUT2D eigenvalue weighted by Gasteiger charge is -2.26. The van der Waals surface area contributed by atoms with E-state index in [1.165, 1.54) is 6.42 Å². The number of benzene rings is 1. The predicted molar refractivity (Wildman–Crippen MR) is 87.3 cm³/mol. The van der Waals surface area contributed by atoms with Gasteiger partial charge >= 0.3 is 6.03 Å². The Morgan fingerprint density at radius 1 is 1.05 bits per heavy atom. The van der Waals surface area contributed by atoms with E-state index in [0.29, 0.717) is 6.54 Å². The molecule has 2 N–H and O–H groups in total. The van der Waals surface area contributed by atoms with Crippen LogP contribution < -0.4 is 10.6 Å². The third kappa shape index (κ3) is 5.60. The second-order valence-corrected chi connectivity index (χ2v) is 5.32. The topological polar surface area (TPSA) is 61.4 Å². The fourth-order valence-corrected chi connectivity index (χ4v) is 2.38. The molecule has 3 amide bonds. The van der Waals surface area contributed by atoms with Crippen LogP contribution >= 0.6 is 0 Å². The average molecular weight is 301 g/mol. The number of carbonyl (C=O) groups is 2. The van der Waals surface area contributed by atoms with Gasteiger partial charge < -0.3 is 15.5 Å². The summed E-state index contributed by atoms with van der Waals surface area (Å²) in [6.45, 7) is 2.11. The van der Waals surface area contributed by atoms with E-state index < -0.39 is 0 Å². The molecule has 0 unspecified atom stereocenters. The Labute approximate surface area is 131 Å². The van der Waals surface area contributed by atoms with E-state index in [1.807, 2.05) is 47.4 Å². The molecule has 0 aliphatic carbocycles. The van der Waals surface area contributed by atoms with Gasteiger partial charge in [0.1, 0.15) is 0 Å². The molecule has 1 fully saturated rings. The second kappa shape index (κ2) is 8.87. The van der Waals surface area contributed by atoms with E-state index in [9.17, 15) is 9.59 Å². The van der Waals surface area contributed by atoms with Crippen LogP contribution in [-0.4, -0.2) is 43.0 Å². The van der Waals surface area contributed by atoms with Gasteiger partial charge in [-0.05, 0) is 24.8 Å². The van der Waals surface area contributed by atoms with E-state index in [4.69, 9.17) is 0 Å². The average Bonchev–Trinajstić information content (AvgIpc) is 2.58. The van der Waals surface area contributed by atoms with Gasteiger partial charge in [-0.15, -0.1) is 0 Å². The number of rotatable bonds is 5. The number of hydrogen-bond donors (Lipinski definition) is 2. The molecule has 0 saturated carbocycles. The lowest BCUT2D eigenvalue weighted by atomic mass is 10.1. The summed E-state index contributed by atoms with van der Waals surface area (Å²) in [5.74, 6) is -0.00493. The number of hydrogen-bond acceptors (Lipinski definition) is 2. The number of carbonyl (C=O) groups excluding carboxylic acids is 2. The zero-order valence-electron chi connectivity index (χ0n) is 12.8. The predicted octanol–water partition coefficient (Wildman–Crippen LogP) is 2.01. The quantitative estimate of drug-likeness (QED) is 0.874. The number of amides is 3. The summed E-state index contributed by atoms with van der Waals surface area (Å²) in [6, 6.07) is 9.56. The Morgan fingerprint density at radius 3 is 2.50 bits per heavy atom. The molecule has 22 heavy (non-hydrogen) atoms. The summed E-state index contributed by atoms with van der Waals surface area (Å²) in [4.78, 5) is 25.3. The summed E-state index contributed by atoms with van der Waals surface area (Å²) < 4.78 is 0. The van der Waals surface area contributed by atoms with E-state index in [1.54, 1.807) is 0 Å². The number of piperidine rings is 1. The molecule has 0 atom stereocenters. The molecule has 0 bridgehead atoms. The van der Waals surface area contributed by atoms with Crippen molar-refractivity contribution in [3.63, 3.8) is 0 Å². The fraction of sp³-hybridized carbons (Fsp3) is 0.412. The van der Waals surface area contributed by atoms with Crippen molar-refractivity contribution in [3.05, 3.63) is 42.0 Å². The van der Waals surface area contributed by atoms with Gasteiger partial charge in [0.05, 0.1) is 6.54 Å². The first-order chi connectivity index (χ1) is 10.8. The first kappa shape index (κ1) is 16.1. The Hall–Kier alpha value is -2.30. The molecule has 0 spiro atoms. The van der Waals surface area contributed by atoms with Gasteiger partial charge in [-0.2, -0.15) is 0 Å². The Bertz CT molecular complexity index is 508. The molecule has 118 valence electrons. The lowest BCUT2D eigenvalue weighted by Crippen LogP contribution is -2.45. The summed E-state index contributed by atoms with van der Waals surface area (Å²) in [5.41, 5.74) is 1.09. The first-order valence-electron chi connectivity index (χ1n) is 7.77. The van der Waals surface area contributed by atoms with Crippen molar-refractivity contribution in [2.75, 3.05) is 26.2 Å². The SMILES string of the molecule is O=C(NC/C=C\c1ccccc1)NCC(=O)N1CCCCC1. The van der Waals surface area contributed by atoms with Crippen molar-refractivity contribution in [2.45, 2.75) is 19.3 Å². The summed E-state index contributed by atoms with van der Waals surface area (Å²) in [6.07, 6.45) is 7.12. The first-order valence-corrected chi connectivity index (χ1v) is 7.77. The molecular formula is C17H23N3O2. The van der Waals surface area contributed by atoms with Crippen molar-refractivity contribution in [1.82, 2.24) is 15.5 Å². The lowest BCUT2D eigenvalue weighted by molar-refractivity contribution is -0.130. The fourth-order valence-electron chi connectivity index (χ4n) is 2.38. The number of urea groups is 1.